The molecule has 280 valence electrons. The zero-order valence-electron chi connectivity index (χ0n) is 30.1. The van der Waals surface area contributed by atoms with Crippen LogP contribution in [-0.2, 0) is 20.7 Å². The fourth-order valence-electron chi connectivity index (χ4n) is 6.46. The summed E-state index contributed by atoms with van der Waals surface area (Å²) in [6.45, 7) is 8.54. The van der Waals surface area contributed by atoms with Crippen LogP contribution in [0.4, 0.5) is 0 Å². The van der Waals surface area contributed by atoms with Crippen LogP contribution in [0.5, 0.6) is 5.75 Å². The van der Waals surface area contributed by atoms with E-state index in [-0.39, 0.29) is 37.1 Å². The lowest BCUT2D eigenvalue weighted by atomic mass is 10.0. The summed E-state index contributed by atoms with van der Waals surface area (Å²) in [5, 5.41) is 17.8. The number of carbonyl (C=O) groups is 3. The summed E-state index contributed by atoms with van der Waals surface area (Å²) in [5.41, 5.74) is 3.04. The highest BCUT2D eigenvalue weighted by Crippen LogP contribution is 2.26. The second-order valence-electron chi connectivity index (χ2n) is 13.9. The van der Waals surface area contributed by atoms with Gasteiger partial charge in [0.15, 0.2) is 5.76 Å². The summed E-state index contributed by atoms with van der Waals surface area (Å²) in [7, 11) is 0. The lowest BCUT2D eigenvalue weighted by Gasteiger charge is -2.34. The van der Waals surface area contributed by atoms with Gasteiger partial charge in [0.2, 0.25) is 11.8 Å². The van der Waals surface area contributed by atoms with E-state index in [9.17, 15) is 19.5 Å². The molecule has 3 atom stereocenters. The van der Waals surface area contributed by atoms with Gasteiger partial charge in [-0.1, -0.05) is 50.3 Å². The maximum atomic E-state index is 13.7. The number of aromatic nitrogens is 1. The minimum Gasteiger partial charge on any atom is -0.492 e. The van der Waals surface area contributed by atoms with E-state index in [1.54, 1.807) is 36.5 Å². The van der Waals surface area contributed by atoms with E-state index in [2.05, 4.69) is 33.1 Å². The minimum absolute atomic E-state index is 0.0581. The number of carbonyl (C=O) groups excluding carboxylic acids is 3. The van der Waals surface area contributed by atoms with E-state index in [1.165, 1.54) is 4.90 Å². The molecule has 0 bridgehead atoms. The molecule has 0 saturated carbocycles. The molecule has 2 aliphatic rings. The first-order valence-electron chi connectivity index (χ1n) is 18.0. The molecule has 3 amide bonds. The molecule has 3 N–H and O–H groups in total. The van der Waals surface area contributed by atoms with Crippen LogP contribution in [0.25, 0.3) is 22.2 Å². The molecule has 2 aliphatic heterocycles. The summed E-state index contributed by atoms with van der Waals surface area (Å²) in [6, 6.07) is 18.4. The standard InChI is InChI=1S/C40H47N5O7S/c1-27(2)21-33(42-39(48)35-25-30-24-31(11-12-34(30)52-35)51-20-17-44-15-18-50-19-16-44)38(47)43-36-10-6-14-45(26-40(36,49)53)37(46)23-28-7-5-8-29(22-28)32-9-3-4-13-41-32/h3-13,22,24-25,27,33,36,49,53H,14-21,23,26H2,1-2H3,(H,42,48)(H,43,47)/t33-,36-,40+/m0/s1. The molecular formula is C40H47N5O7S. The summed E-state index contributed by atoms with van der Waals surface area (Å²) in [5.74, 6) is -0.448. The molecular weight excluding hydrogens is 695 g/mol. The van der Waals surface area contributed by atoms with Gasteiger partial charge in [-0.3, -0.25) is 24.3 Å². The molecule has 4 heterocycles. The highest BCUT2D eigenvalue weighted by Gasteiger charge is 2.39. The average molecular weight is 742 g/mol. The van der Waals surface area contributed by atoms with Gasteiger partial charge in [-0.25, -0.2) is 0 Å². The molecule has 6 rings (SSSR count). The van der Waals surface area contributed by atoms with E-state index >= 15 is 0 Å². The van der Waals surface area contributed by atoms with Gasteiger partial charge in [0.1, 0.15) is 28.9 Å². The van der Waals surface area contributed by atoms with Crippen LogP contribution >= 0.6 is 12.6 Å². The molecule has 0 aliphatic carbocycles. The molecule has 0 spiro atoms. The third-order valence-corrected chi connectivity index (χ3v) is 9.71. The van der Waals surface area contributed by atoms with Gasteiger partial charge in [0.25, 0.3) is 5.91 Å². The van der Waals surface area contributed by atoms with Crippen molar-refractivity contribution in [3.63, 3.8) is 0 Å². The zero-order valence-corrected chi connectivity index (χ0v) is 31.0. The SMILES string of the molecule is CC(C)C[C@H](NC(=O)c1cc2cc(OCCN3CCOCC3)ccc2o1)C(=O)N[C@H]1C=CCN(C(=O)Cc2cccc(-c3ccccn3)c2)C[C@@]1(O)S. The lowest BCUT2D eigenvalue weighted by molar-refractivity contribution is -0.131. The summed E-state index contributed by atoms with van der Waals surface area (Å²) in [6.07, 6.45) is 5.53. The lowest BCUT2D eigenvalue weighted by Crippen LogP contribution is -2.57. The van der Waals surface area contributed by atoms with Crippen LogP contribution in [0.1, 0.15) is 36.4 Å². The topological polar surface area (TPSA) is 146 Å². The second-order valence-corrected chi connectivity index (χ2v) is 14.7. The monoisotopic (exact) mass is 741 g/mol. The Morgan fingerprint density at radius 3 is 2.68 bits per heavy atom. The van der Waals surface area contributed by atoms with Crippen molar-refractivity contribution in [2.75, 3.05) is 52.5 Å². The Bertz CT molecular complexity index is 1910. The van der Waals surface area contributed by atoms with Crippen molar-refractivity contribution in [2.45, 2.75) is 43.7 Å². The Labute approximate surface area is 314 Å². The molecule has 2 aromatic heterocycles. The fourth-order valence-corrected chi connectivity index (χ4v) is 6.78. The molecule has 2 aromatic carbocycles. The van der Waals surface area contributed by atoms with E-state index in [0.717, 1.165) is 49.7 Å². The number of fused-ring (bicyclic) bond motifs is 1. The number of benzene rings is 2. The number of aliphatic hydroxyl groups is 1. The maximum absolute atomic E-state index is 13.7. The van der Waals surface area contributed by atoms with E-state index in [0.29, 0.717) is 29.7 Å². The van der Waals surface area contributed by atoms with Crippen molar-refractivity contribution >= 4 is 41.3 Å². The van der Waals surface area contributed by atoms with Crippen LogP contribution in [0.2, 0.25) is 0 Å². The van der Waals surface area contributed by atoms with Gasteiger partial charge in [-0.05, 0) is 60.4 Å². The van der Waals surface area contributed by atoms with Crippen molar-refractivity contribution in [3.05, 3.63) is 96.4 Å². The molecule has 53 heavy (non-hydrogen) atoms. The third-order valence-electron chi connectivity index (χ3n) is 9.29. The number of hydrogen-bond donors (Lipinski definition) is 4. The first kappa shape index (κ1) is 38.0. The van der Waals surface area contributed by atoms with Crippen LogP contribution in [-0.4, -0.2) is 107 Å². The highest BCUT2D eigenvalue weighted by molar-refractivity contribution is 7.81. The average Bonchev–Trinajstić information content (AvgIpc) is 3.51. The highest BCUT2D eigenvalue weighted by atomic mass is 32.1. The molecule has 0 unspecified atom stereocenters. The van der Waals surface area contributed by atoms with Gasteiger partial charge in [-0.2, -0.15) is 0 Å². The molecule has 12 nitrogen and oxygen atoms in total. The van der Waals surface area contributed by atoms with Gasteiger partial charge in [-0.15, -0.1) is 12.6 Å². The largest absolute Gasteiger partial charge is 0.492 e. The Morgan fingerprint density at radius 2 is 1.91 bits per heavy atom. The quantitative estimate of drug-likeness (QED) is 0.0905. The number of rotatable bonds is 13. The number of morpholine rings is 1. The van der Waals surface area contributed by atoms with E-state index in [1.807, 2.05) is 62.4 Å². The third kappa shape index (κ3) is 10.3. The normalized spacial score (nSPS) is 19.9. The Hall–Kier alpha value is -4.69. The van der Waals surface area contributed by atoms with Crippen LogP contribution in [0.3, 0.4) is 0 Å². The smallest absolute Gasteiger partial charge is 0.287 e. The Morgan fingerprint density at radius 1 is 1.08 bits per heavy atom. The van der Waals surface area contributed by atoms with Crippen molar-refractivity contribution < 1.29 is 33.4 Å². The number of ether oxygens (including phenoxy) is 2. The van der Waals surface area contributed by atoms with Gasteiger partial charge in [0.05, 0.1) is 37.9 Å². The molecule has 0 radical (unpaired) electrons. The second kappa shape index (κ2) is 17.4. The summed E-state index contributed by atoms with van der Waals surface area (Å²) in [4.78, 5) is 47.0. The molecule has 1 saturated heterocycles. The number of β-amino-alcohol motifs (C(OH)–C–C–N with tert-alkyl or cyclic N) is 1. The fraction of sp³-hybridized carbons (Fsp3) is 0.400. The number of thiol groups is 1. The number of furan rings is 1. The molecule has 1 fully saturated rings. The van der Waals surface area contributed by atoms with Gasteiger partial charge < -0.3 is 34.5 Å². The Kier molecular flexibility index (Phi) is 12.5. The number of nitrogens with one attached hydrogen (secondary N) is 2. The van der Waals surface area contributed by atoms with Crippen LogP contribution < -0.4 is 15.4 Å². The molecule has 13 heteroatoms. The van der Waals surface area contributed by atoms with Crippen molar-refractivity contribution in [1.29, 1.82) is 0 Å². The molecule has 4 aromatic rings. The van der Waals surface area contributed by atoms with Crippen molar-refractivity contribution in [1.82, 2.24) is 25.4 Å². The number of amides is 3. The number of hydrogen-bond acceptors (Lipinski definition) is 10. The number of nitrogens with zero attached hydrogens (tertiary/aromatic N) is 3. The Balaban J connectivity index is 1.06. The van der Waals surface area contributed by atoms with Crippen molar-refractivity contribution in [3.8, 4) is 17.0 Å². The van der Waals surface area contributed by atoms with E-state index in [4.69, 9.17) is 13.9 Å². The van der Waals surface area contributed by atoms with Crippen LogP contribution in [0, 0.1) is 5.92 Å². The first-order valence-corrected chi connectivity index (χ1v) is 18.5. The van der Waals surface area contributed by atoms with Crippen LogP contribution in [0.15, 0.2) is 89.5 Å². The number of pyridine rings is 1. The first-order chi connectivity index (χ1) is 25.5. The van der Waals surface area contributed by atoms with E-state index < -0.39 is 28.8 Å². The van der Waals surface area contributed by atoms with Gasteiger partial charge in [0, 0.05) is 43.3 Å². The minimum atomic E-state index is -1.79. The summed E-state index contributed by atoms with van der Waals surface area (Å²) >= 11 is 4.52. The van der Waals surface area contributed by atoms with Gasteiger partial charge >= 0.3 is 0 Å². The summed E-state index contributed by atoms with van der Waals surface area (Å²) < 4.78 is 17.2. The predicted octanol–water partition coefficient (Wildman–Crippen LogP) is 4.09. The predicted molar refractivity (Wildman–Crippen MR) is 205 cm³/mol. The zero-order chi connectivity index (χ0) is 37.4. The van der Waals surface area contributed by atoms with Crippen molar-refractivity contribution in [2.24, 2.45) is 5.92 Å². The maximum Gasteiger partial charge on any atom is 0.287 e.